The largest absolute Gasteiger partial charge is 0.417 e. The first-order valence-electron chi connectivity index (χ1n) is 5.20. The lowest BCUT2D eigenvalue weighted by Crippen LogP contribution is -2.40. The molecule has 0 heterocycles. The summed E-state index contributed by atoms with van der Waals surface area (Å²) in [4.78, 5) is 0. The lowest BCUT2D eigenvalue weighted by molar-refractivity contribution is -0.288. The smallest absolute Gasteiger partial charge is 0.342 e. The van der Waals surface area contributed by atoms with Crippen LogP contribution in [0.15, 0.2) is 0 Å². The van der Waals surface area contributed by atoms with Crippen molar-refractivity contribution in [3.05, 3.63) is 0 Å². The topological polar surface area (TPSA) is 18.5 Å². The Hall–Kier alpha value is -0.780. The summed E-state index contributed by atoms with van der Waals surface area (Å²) in [7, 11) is 0. The molecule has 0 aromatic rings. The molecule has 0 saturated carbocycles. The van der Waals surface area contributed by atoms with Gasteiger partial charge in [0, 0.05) is 6.42 Å². The Morgan fingerprint density at radius 3 is 1.48 bits per heavy atom. The van der Waals surface area contributed by atoms with Crippen molar-refractivity contribution in [2.75, 3.05) is 20.1 Å². The molecule has 2 atom stereocenters. The van der Waals surface area contributed by atoms with Crippen molar-refractivity contribution in [2.24, 2.45) is 0 Å². The minimum Gasteiger partial charge on any atom is -0.342 e. The van der Waals surface area contributed by atoms with Crippen LogP contribution in [0.3, 0.4) is 0 Å². The molecule has 2 nitrogen and oxygen atoms in total. The average molecular weight is 340 g/mol. The molecule has 0 bridgehead atoms. The van der Waals surface area contributed by atoms with Gasteiger partial charge in [-0.1, -0.05) is 0 Å². The summed E-state index contributed by atoms with van der Waals surface area (Å²) in [5, 5.41) is 0. The number of rotatable bonds is 8. The van der Waals surface area contributed by atoms with Gasteiger partial charge in [-0.05, 0) is 0 Å². The normalized spacial score (nSPS) is 16.9. The van der Waals surface area contributed by atoms with E-state index in [1.54, 1.807) is 0 Å². The van der Waals surface area contributed by atoms with E-state index in [1.807, 2.05) is 0 Å². The van der Waals surface area contributed by atoms with Gasteiger partial charge in [-0.15, -0.1) is 0 Å². The predicted octanol–water partition coefficient (Wildman–Crippen LogP) is 3.80. The van der Waals surface area contributed by atoms with E-state index in [2.05, 4.69) is 9.47 Å². The second kappa shape index (κ2) is 7.47. The van der Waals surface area contributed by atoms with Crippen molar-refractivity contribution in [1.29, 1.82) is 0 Å². The minimum absolute atomic E-state index is 1.74. The van der Waals surface area contributed by atoms with Crippen LogP contribution in [0.1, 0.15) is 6.42 Å². The predicted molar refractivity (Wildman–Crippen MR) is 48.2 cm³/mol. The molecule has 128 valence electrons. The highest BCUT2D eigenvalue weighted by molar-refractivity contribution is 4.77. The highest BCUT2D eigenvalue weighted by Crippen LogP contribution is 2.32. The van der Waals surface area contributed by atoms with E-state index in [0.29, 0.717) is 0 Å². The monoisotopic (exact) mass is 340 g/mol. The van der Waals surface area contributed by atoms with E-state index in [4.69, 9.17) is 0 Å². The summed E-state index contributed by atoms with van der Waals surface area (Å²) in [5.41, 5.74) is 0. The highest BCUT2D eigenvalue weighted by Gasteiger charge is 2.48. The van der Waals surface area contributed by atoms with Crippen LogP contribution >= 0.6 is 0 Å². The van der Waals surface area contributed by atoms with Gasteiger partial charge < -0.3 is 9.47 Å². The fourth-order valence-electron chi connectivity index (χ4n) is 1.03. The average Bonchev–Trinajstić information content (AvgIpc) is 2.30. The molecule has 0 rings (SSSR count). The molecule has 0 N–H and O–H groups in total. The third kappa shape index (κ3) is 7.69. The Kier molecular flexibility index (Phi) is 7.20. The molecule has 2 unspecified atom stereocenters. The van der Waals surface area contributed by atoms with Gasteiger partial charge >= 0.3 is 12.4 Å². The van der Waals surface area contributed by atoms with Gasteiger partial charge in [0.1, 0.15) is 13.5 Å². The molecule has 0 aliphatic carbocycles. The first kappa shape index (κ1) is 20.2. The Balaban J connectivity index is 4.58. The van der Waals surface area contributed by atoms with Crippen LogP contribution in [-0.2, 0) is 9.47 Å². The first-order valence-corrected chi connectivity index (χ1v) is 5.20. The quantitative estimate of drug-likeness (QED) is 0.494. The molecule has 12 heteroatoms. The molecule has 0 aliphatic heterocycles. The van der Waals surface area contributed by atoms with Crippen LogP contribution in [0.25, 0.3) is 0 Å². The molecule has 0 fully saturated rings. The van der Waals surface area contributed by atoms with Crippen molar-refractivity contribution < 1.29 is 53.4 Å². The lowest BCUT2D eigenvalue weighted by Gasteiger charge is -2.25. The molecule has 21 heavy (non-hydrogen) atoms. The molecular weight excluding hydrogens is 330 g/mol. The molecule has 0 amide bonds. The molecule has 0 aromatic carbocycles. The van der Waals surface area contributed by atoms with E-state index in [9.17, 15) is 43.9 Å². The molecule has 0 aliphatic rings. The van der Waals surface area contributed by atoms with Gasteiger partial charge in [0.25, 0.3) is 5.92 Å². The van der Waals surface area contributed by atoms with Gasteiger partial charge in [0.15, 0.2) is 18.9 Å². The van der Waals surface area contributed by atoms with E-state index in [-0.39, 0.29) is 0 Å². The second-order valence-corrected chi connectivity index (χ2v) is 3.86. The zero-order valence-electron chi connectivity index (χ0n) is 10.1. The molecule has 0 radical (unpaired) electrons. The van der Waals surface area contributed by atoms with E-state index in [1.165, 1.54) is 0 Å². The summed E-state index contributed by atoms with van der Waals surface area (Å²) in [6.07, 6.45) is -19.0. The van der Waals surface area contributed by atoms with Crippen molar-refractivity contribution in [3.63, 3.8) is 0 Å². The number of hydrogen-bond acceptors (Lipinski definition) is 2. The van der Waals surface area contributed by atoms with E-state index >= 15 is 0 Å². The third-order valence-electron chi connectivity index (χ3n) is 2.09. The van der Waals surface area contributed by atoms with Crippen LogP contribution in [0.2, 0.25) is 0 Å². The fourth-order valence-corrected chi connectivity index (χ4v) is 1.03. The van der Waals surface area contributed by atoms with Crippen LogP contribution in [0, 0.1) is 0 Å². The van der Waals surface area contributed by atoms with Gasteiger partial charge in [0.05, 0.1) is 0 Å². The summed E-state index contributed by atoms with van der Waals surface area (Å²) in [6.45, 7) is -6.23. The van der Waals surface area contributed by atoms with Gasteiger partial charge in [-0.3, -0.25) is 0 Å². The molecule has 0 aromatic heterocycles. The summed E-state index contributed by atoms with van der Waals surface area (Å²) in [6, 6.07) is 0. The zero-order chi connectivity index (χ0) is 16.9. The summed E-state index contributed by atoms with van der Waals surface area (Å²) < 4.78 is 129. The number of hydrogen-bond donors (Lipinski definition) is 0. The van der Waals surface area contributed by atoms with E-state index < -0.39 is 57.0 Å². The molecular formula is C9H10F10O2. The lowest BCUT2D eigenvalue weighted by atomic mass is 10.1. The number of alkyl halides is 10. The van der Waals surface area contributed by atoms with Crippen LogP contribution in [0.5, 0.6) is 0 Å². The van der Waals surface area contributed by atoms with Crippen molar-refractivity contribution in [2.45, 2.75) is 36.9 Å². The Labute approximate surface area is 112 Å². The van der Waals surface area contributed by atoms with Crippen molar-refractivity contribution in [3.8, 4) is 0 Å². The Morgan fingerprint density at radius 2 is 1.14 bits per heavy atom. The minimum atomic E-state index is -5.38. The standard InChI is InChI=1S/C9H10F10O2/c10-2-6(9(17,18)19)21-4-20-5(8(14,15)16)1-7(12,13)3-11/h5-6H,1-4H2. The van der Waals surface area contributed by atoms with E-state index in [0.717, 1.165) is 0 Å². The van der Waals surface area contributed by atoms with Crippen LogP contribution in [-0.4, -0.2) is 50.6 Å². The second-order valence-electron chi connectivity index (χ2n) is 3.86. The maximum Gasteiger partial charge on any atom is 0.417 e. The van der Waals surface area contributed by atoms with Gasteiger partial charge in [0.2, 0.25) is 0 Å². The summed E-state index contributed by atoms with van der Waals surface area (Å²) >= 11 is 0. The fraction of sp³-hybridized carbons (Fsp3) is 1.00. The van der Waals surface area contributed by atoms with Crippen LogP contribution < -0.4 is 0 Å². The van der Waals surface area contributed by atoms with Crippen molar-refractivity contribution in [1.82, 2.24) is 0 Å². The number of halogens is 10. The van der Waals surface area contributed by atoms with Gasteiger partial charge in [-0.2, -0.15) is 26.3 Å². The highest BCUT2D eigenvalue weighted by atomic mass is 19.4. The SMILES string of the molecule is FCC(OCOC(CC(F)(F)CF)C(F)(F)F)C(F)(F)F. The van der Waals surface area contributed by atoms with Crippen LogP contribution in [0.4, 0.5) is 43.9 Å². The molecule has 0 spiro atoms. The zero-order valence-corrected chi connectivity index (χ0v) is 10.1. The number of ether oxygens (including phenoxy) is 2. The third-order valence-corrected chi connectivity index (χ3v) is 2.09. The maximum atomic E-state index is 12.5. The Bertz CT molecular complexity index is 300. The van der Waals surface area contributed by atoms with Crippen molar-refractivity contribution >= 4 is 0 Å². The van der Waals surface area contributed by atoms with Gasteiger partial charge in [-0.25, -0.2) is 17.6 Å². The first-order chi connectivity index (χ1) is 9.33. The Morgan fingerprint density at radius 1 is 0.714 bits per heavy atom. The molecule has 0 saturated heterocycles. The summed E-state index contributed by atoms with van der Waals surface area (Å²) in [5.74, 6) is -4.37. The maximum absolute atomic E-state index is 12.5.